The van der Waals surface area contributed by atoms with Gasteiger partial charge in [0.25, 0.3) is 5.91 Å². The third kappa shape index (κ3) is 7.74. The van der Waals surface area contributed by atoms with Crippen LogP contribution in [0.3, 0.4) is 0 Å². The van der Waals surface area contributed by atoms with Gasteiger partial charge in [0.05, 0.1) is 23.6 Å². The van der Waals surface area contributed by atoms with Crippen LogP contribution in [-0.2, 0) is 14.3 Å². The fraction of sp³-hybridized carbons (Fsp3) is 0.545. The number of esters is 1. The molecular formula is C22H30BrN3O5S. The summed E-state index contributed by atoms with van der Waals surface area (Å²) in [6.45, 7) is 8.94. The van der Waals surface area contributed by atoms with E-state index in [1.807, 2.05) is 27.7 Å². The molecule has 1 atom stereocenters. The molecule has 1 aliphatic rings. The Labute approximate surface area is 202 Å². The molecule has 2 rings (SSSR count). The maximum absolute atomic E-state index is 12.7. The zero-order chi connectivity index (χ0) is 23.8. The van der Waals surface area contributed by atoms with Gasteiger partial charge in [-0.2, -0.15) is 0 Å². The van der Waals surface area contributed by atoms with Gasteiger partial charge in [0, 0.05) is 18.7 Å². The summed E-state index contributed by atoms with van der Waals surface area (Å²) in [6, 6.07) is 4.14. The quantitative estimate of drug-likeness (QED) is 0.396. The second-order valence-electron chi connectivity index (χ2n) is 8.18. The number of halogens is 1. The Hall–Kier alpha value is -2.20. The number of nitrogens with one attached hydrogen (secondary N) is 2. The highest BCUT2D eigenvalue weighted by Gasteiger charge is 2.34. The van der Waals surface area contributed by atoms with Crippen LogP contribution in [0.1, 0.15) is 50.9 Å². The molecule has 1 aliphatic heterocycles. The van der Waals surface area contributed by atoms with Crippen molar-refractivity contribution in [2.24, 2.45) is 5.92 Å². The third-order valence-electron chi connectivity index (χ3n) is 4.69. The summed E-state index contributed by atoms with van der Waals surface area (Å²) in [5.74, 6) is -0.187. The number of rotatable bonds is 8. The van der Waals surface area contributed by atoms with Gasteiger partial charge >= 0.3 is 5.97 Å². The first-order chi connectivity index (χ1) is 15.1. The molecule has 32 heavy (non-hydrogen) atoms. The van der Waals surface area contributed by atoms with Crippen LogP contribution in [0, 0.1) is 5.92 Å². The summed E-state index contributed by atoms with van der Waals surface area (Å²) in [6.07, 6.45) is 0.599. The predicted octanol–water partition coefficient (Wildman–Crippen LogP) is 3.03. The molecule has 0 saturated carbocycles. The number of amides is 2. The Morgan fingerprint density at radius 1 is 1.31 bits per heavy atom. The number of benzene rings is 1. The summed E-state index contributed by atoms with van der Waals surface area (Å²) >= 11 is 8.80. The normalized spacial score (nSPS) is 16.0. The molecule has 1 aromatic carbocycles. The third-order valence-corrected chi connectivity index (χ3v) is 5.64. The van der Waals surface area contributed by atoms with E-state index in [0.29, 0.717) is 41.4 Å². The van der Waals surface area contributed by atoms with Gasteiger partial charge in [0.1, 0.15) is 11.8 Å². The van der Waals surface area contributed by atoms with Crippen LogP contribution < -0.4 is 15.4 Å². The standard InChI is InChI=1S/C22H30BrN3O5S/c1-13(2)7-10-30-19(27)12-17-21(29)24-8-9-26(17)22(32)25-20(28)15-5-6-18(16(23)11-15)31-14(3)4/h5-6,11,13-14,17H,7-10,12H2,1-4H3,(H,24,29)(H,25,28,32). The molecule has 1 saturated heterocycles. The zero-order valence-electron chi connectivity index (χ0n) is 18.8. The summed E-state index contributed by atoms with van der Waals surface area (Å²) in [5.41, 5.74) is 0.376. The molecule has 0 aromatic heterocycles. The van der Waals surface area contributed by atoms with E-state index in [0.717, 1.165) is 6.42 Å². The molecule has 0 aliphatic carbocycles. The molecule has 2 amide bonds. The SMILES string of the molecule is CC(C)CCOC(=O)CC1C(=O)NCCN1C(=S)NC(=O)c1ccc(OC(C)C)c(Br)c1. The van der Waals surface area contributed by atoms with Crippen molar-refractivity contribution in [3.63, 3.8) is 0 Å². The van der Waals surface area contributed by atoms with Crippen LogP contribution in [0.2, 0.25) is 0 Å². The van der Waals surface area contributed by atoms with E-state index in [4.69, 9.17) is 21.7 Å². The van der Waals surface area contributed by atoms with E-state index in [-0.39, 0.29) is 23.5 Å². The fourth-order valence-corrected chi connectivity index (χ4v) is 3.80. The van der Waals surface area contributed by atoms with Crippen molar-refractivity contribution in [3.05, 3.63) is 28.2 Å². The summed E-state index contributed by atoms with van der Waals surface area (Å²) in [4.78, 5) is 38.9. The number of nitrogens with zero attached hydrogens (tertiary/aromatic N) is 1. The van der Waals surface area contributed by atoms with Gasteiger partial charge in [-0.3, -0.25) is 19.7 Å². The van der Waals surface area contributed by atoms with Crippen LogP contribution in [0.15, 0.2) is 22.7 Å². The average molecular weight is 528 g/mol. The fourth-order valence-electron chi connectivity index (χ4n) is 3.02. The van der Waals surface area contributed by atoms with E-state index < -0.39 is 17.9 Å². The average Bonchev–Trinajstić information content (AvgIpc) is 2.70. The number of piperazine rings is 1. The van der Waals surface area contributed by atoms with Crippen molar-refractivity contribution in [1.29, 1.82) is 0 Å². The zero-order valence-corrected chi connectivity index (χ0v) is 21.2. The summed E-state index contributed by atoms with van der Waals surface area (Å²) in [7, 11) is 0. The number of carbonyl (C=O) groups is 3. The molecule has 0 spiro atoms. The first kappa shape index (κ1) is 26.1. The van der Waals surface area contributed by atoms with Crippen molar-refractivity contribution in [1.82, 2.24) is 15.5 Å². The molecule has 1 fully saturated rings. The predicted molar refractivity (Wildman–Crippen MR) is 129 cm³/mol. The molecule has 1 unspecified atom stereocenters. The van der Waals surface area contributed by atoms with Gasteiger partial charge < -0.3 is 19.7 Å². The lowest BCUT2D eigenvalue weighted by Crippen LogP contribution is -2.60. The minimum atomic E-state index is -0.836. The van der Waals surface area contributed by atoms with Crippen molar-refractivity contribution in [3.8, 4) is 5.75 Å². The highest BCUT2D eigenvalue weighted by Crippen LogP contribution is 2.27. The molecular weight excluding hydrogens is 498 g/mol. The summed E-state index contributed by atoms with van der Waals surface area (Å²) < 4.78 is 11.5. The van der Waals surface area contributed by atoms with Gasteiger partial charge in [-0.25, -0.2) is 0 Å². The first-order valence-corrected chi connectivity index (χ1v) is 11.8. The van der Waals surface area contributed by atoms with Crippen molar-refractivity contribution < 1.29 is 23.9 Å². The van der Waals surface area contributed by atoms with Crippen LogP contribution in [-0.4, -0.2) is 59.6 Å². The highest BCUT2D eigenvalue weighted by molar-refractivity contribution is 9.10. The smallest absolute Gasteiger partial charge is 0.308 e. The van der Waals surface area contributed by atoms with Gasteiger partial charge in [0.15, 0.2) is 5.11 Å². The molecule has 0 bridgehead atoms. The van der Waals surface area contributed by atoms with Crippen LogP contribution in [0.25, 0.3) is 0 Å². The maximum atomic E-state index is 12.7. The number of hydrogen-bond acceptors (Lipinski definition) is 6. The van der Waals surface area contributed by atoms with E-state index in [9.17, 15) is 14.4 Å². The van der Waals surface area contributed by atoms with E-state index >= 15 is 0 Å². The minimum Gasteiger partial charge on any atom is -0.490 e. The first-order valence-electron chi connectivity index (χ1n) is 10.6. The highest BCUT2D eigenvalue weighted by atomic mass is 79.9. The van der Waals surface area contributed by atoms with Crippen molar-refractivity contribution in [2.75, 3.05) is 19.7 Å². The van der Waals surface area contributed by atoms with Crippen LogP contribution >= 0.6 is 28.1 Å². The Morgan fingerprint density at radius 2 is 2.03 bits per heavy atom. The van der Waals surface area contributed by atoms with E-state index in [2.05, 4.69) is 26.6 Å². The van der Waals surface area contributed by atoms with Gasteiger partial charge in [0.2, 0.25) is 5.91 Å². The second-order valence-corrected chi connectivity index (χ2v) is 9.42. The Kier molecular flexibility index (Phi) is 9.89. The molecule has 2 N–H and O–H groups in total. The molecule has 8 nitrogen and oxygen atoms in total. The van der Waals surface area contributed by atoms with E-state index in [1.165, 1.54) is 0 Å². The molecule has 1 aromatic rings. The van der Waals surface area contributed by atoms with Crippen molar-refractivity contribution in [2.45, 2.75) is 52.7 Å². The topological polar surface area (TPSA) is 97.0 Å². The van der Waals surface area contributed by atoms with Gasteiger partial charge in [-0.05, 0) is 72.5 Å². The van der Waals surface area contributed by atoms with Gasteiger partial charge in [-0.15, -0.1) is 0 Å². The lowest BCUT2D eigenvalue weighted by atomic mass is 10.1. The molecule has 0 radical (unpaired) electrons. The van der Waals surface area contributed by atoms with Crippen LogP contribution in [0.5, 0.6) is 5.75 Å². The Balaban J connectivity index is 2.02. The molecule has 176 valence electrons. The monoisotopic (exact) mass is 527 g/mol. The maximum Gasteiger partial charge on any atom is 0.308 e. The van der Waals surface area contributed by atoms with Crippen molar-refractivity contribution >= 4 is 51.0 Å². The Morgan fingerprint density at radius 3 is 2.66 bits per heavy atom. The summed E-state index contributed by atoms with van der Waals surface area (Å²) in [5, 5.41) is 5.48. The minimum absolute atomic E-state index is 0.00204. The molecule has 10 heteroatoms. The number of hydrogen-bond donors (Lipinski definition) is 2. The largest absolute Gasteiger partial charge is 0.490 e. The van der Waals surface area contributed by atoms with E-state index in [1.54, 1.807) is 23.1 Å². The number of thiocarbonyl (C=S) groups is 1. The number of carbonyl (C=O) groups excluding carboxylic acids is 3. The number of ether oxygens (including phenoxy) is 2. The molecule has 1 heterocycles. The van der Waals surface area contributed by atoms with Gasteiger partial charge in [-0.1, -0.05) is 13.8 Å². The Bertz CT molecular complexity index is 862. The lowest BCUT2D eigenvalue weighted by molar-refractivity contribution is -0.147. The van der Waals surface area contributed by atoms with Crippen LogP contribution in [0.4, 0.5) is 0 Å². The lowest BCUT2D eigenvalue weighted by Gasteiger charge is -2.36. The second kappa shape index (κ2) is 12.2.